The molecule has 0 bridgehead atoms. The van der Waals surface area contributed by atoms with Crippen molar-refractivity contribution < 1.29 is 22.8 Å². The first-order valence-electron chi connectivity index (χ1n) is 9.64. The normalized spacial score (nSPS) is 14.9. The summed E-state index contributed by atoms with van der Waals surface area (Å²) in [6.07, 6.45) is 1.89. The Morgan fingerprint density at radius 2 is 1.90 bits per heavy atom. The van der Waals surface area contributed by atoms with Gasteiger partial charge in [-0.15, -0.1) is 13.2 Å². The molecule has 2 N–H and O–H groups in total. The number of nitrogens with zero attached hydrogens (tertiary/aromatic N) is 3. The molecule has 0 radical (unpaired) electrons. The second kappa shape index (κ2) is 9.59. The Hall–Kier alpha value is -3.11. The van der Waals surface area contributed by atoms with Crippen molar-refractivity contribution in [2.45, 2.75) is 45.0 Å². The van der Waals surface area contributed by atoms with E-state index in [1.807, 2.05) is 0 Å². The average Bonchev–Trinajstić information content (AvgIpc) is 2.71. The van der Waals surface area contributed by atoms with Gasteiger partial charge in [-0.3, -0.25) is 10.1 Å². The quantitative estimate of drug-likeness (QED) is 0.459. The molecule has 8 nitrogen and oxygen atoms in total. The van der Waals surface area contributed by atoms with Crippen LogP contribution in [0.4, 0.5) is 30.6 Å². The number of hydrogen-bond donors (Lipinski definition) is 2. The second-order valence-corrected chi connectivity index (χ2v) is 7.08. The van der Waals surface area contributed by atoms with Gasteiger partial charge in [0.1, 0.15) is 11.9 Å². The van der Waals surface area contributed by atoms with Crippen molar-refractivity contribution in [2.24, 2.45) is 5.92 Å². The number of anilines is 2. The average molecular weight is 425 g/mol. The molecule has 1 aromatic heterocycles. The lowest BCUT2D eigenvalue weighted by atomic mass is 9.89. The van der Waals surface area contributed by atoms with Crippen molar-refractivity contribution in [1.82, 2.24) is 9.97 Å². The Morgan fingerprint density at radius 1 is 1.17 bits per heavy atom. The molecule has 11 heteroatoms. The first-order valence-corrected chi connectivity index (χ1v) is 9.64. The number of halogens is 3. The molecule has 0 unspecified atom stereocenters. The van der Waals surface area contributed by atoms with Crippen molar-refractivity contribution in [2.75, 3.05) is 17.2 Å². The van der Waals surface area contributed by atoms with E-state index in [0.717, 1.165) is 31.9 Å². The van der Waals surface area contributed by atoms with Gasteiger partial charge in [0.05, 0.1) is 4.92 Å². The van der Waals surface area contributed by atoms with Crippen LogP contribution in [0.2, 0.25) is 0 Å². The molecule has 1 saturated carbocycles. The van der Waals surface area contributed by atoms with Crippen LogP contribution in [0.3, 0.4) is 0 Å². The smallest absolute Gasteiger partial charge is 0.405 e. The molecule has 0 aliphatic heterocycles. The number of benzene rings is 1. The third kappa shape index (κ3) is 6.19. The van der Waals surface area contributed by atoms with Crippen LogP contribution in [0.5, 0.6) is 5.75 Å². The number of aromatic nitrogens is 2. The Bertz CT molecular complexity index is 873. The number of hydrogen-bond acceptors (Lipinski definition) is 7. The van der Waals surface area contributed by atoms with E-state index in [2.05, 4.69) is 25.3 Å². The summed E-state index contributed by atoms with van der Waals surface area (Å²) < 4.78 is 41.7. The fourth-order valence-corrected chi connectivity index (χ4v) is 3.41. The Morgan fingerprint density at radius 3 is 2.60 bits per heavy atom. The highest BCUT2D eigenvalue weighted by Crippen LogP contribution is 2.28. The number of para-hydroxylation sites is 1. The van der Waals surface area contributed by atoms with Gasteiger partial charge < -0.3 is 15.4 Å². The maximum Gasteiger partial charge on any atom is 0.573 e. The maximum absolute atomic E-state index is 12.6. The molecule has 3 rings (SSSR count). The maximum atomic E-state index is 12.6. The summed E-state index contributed by atoms with van der Waals surface area (Å²) in [4.78, 5) is 18.8. The second-order valence-electron chi connectivity index (χ2n) is 7.08. The molecule has 30 heavy (non-hydrogen) atoms. The highest BCUT2D eigenvalue weighted by atomic mass is 19.4. The van der Waals surface area contributed by atoms with Crippen molar-refractivity contribution in [1.29, 1.82) is 0 Å². The van der Waals surface area contributed by atoms with Gasteiger partial charge in [-0.2, -0.15) is 4.98 Å². The SMILES string of the molecule is O=[N+]([O-])c1cnc(NCc2ccccc2OC(F)(F)F)nc1NCC1CCCCC1. The van der Waals surface area contributed by atoms with Crippen LogP contribution < -0.4 is 15.4 Å². The summed E-state index contributed by atoms with van der Waals surface area (Å²) in [5.41, 5.74) is -0.00865. The monoisotopic (exact) mass is 425 g/mol. The summed E-state index contributed by atoms with van der Waals surface area (Å²) in [7, 11) is 0. The number of alkyl halides is 3. The van der Waals surface area contributed by atoms with Crippen LogP contribution in [0, 0.1) is 16.0 Å². The minimum absolute atomic E-state index is 0.0495. The van der Waals surface area contributed by atoms with Gasteiger partial charge in [0.25, 0.3) is 0 Å². The summed E-state index contributed by atoms with van der Waals surface area (Å²) in [6.45, 7) is 0.520. The molecule has 1 heterocycles. The molecular formula is C19H22F3N5O3. The zero-order chi connectivity index (χ0) is 21.6. The highest BCUT2D eigenvalue weighted by Gasteiger charge is 2.32. The van der Waals surface area contributed by atoms with Crippen molar-refractivity contribution in [3.05, 3.63) is 46.1 Å². The van der Waals surface area contributed by atoms with Crippen LogP contribution in [0.1, 0.15) is 37.7 Å². The van der Waals surface area contributed by atoms with Gasteiger partial charge in [-0.1, -0.05) is 37.5 Å². The predicted molar refractivity (Wildman–Crippen MR) is 104 cm³/mol. The van der Waals surface area contributed by atoms with Crippen molar-refractivity contribution in [3.8, 4) is 5.75 Å². The molecular weight excluding hydrogens is 403 g/mol. The van der Waals surface area contributed by atoms with E-state index in [4.69, 9.17) is 0 Å². The van der Waals surface area contributed by atoms with E-state index >= 15 is 0 Å². The fourth-order valence-electron chi connectivity index (χ4n) is 3.41. The molecule has 1 aliphatic rings. The van der Waals surface area contributed by atoms with Gasteiger partial charge >= 0.3 is 12.0 Å². The Labute approximate surface area is 171 Å². The largest absolute Gasteiger partial charge is 0.573 e. The molecule has 1 aliphatic carbocycles. The first-order chi connectivity index (χ1) is 14.3. The van der Waals surface area contributed by atoms with Gasteiger partial charge in [0.15, 0.2) is 0 Å². The van der Waals surface area contributed by atoms with Crippen molar-refractivity contribution >= 4 is 17.5 Å². The number of nitrogens with one attached hydrogen (secondary N) is 2. The fraction of sp³-hybridized carbons (Fsp3) is 0.474. The first kappa shape index (κ1) is 21.6. The topological polar surface area (TPSA) is 102 Å². The number of rotatable bonds is 8. The lowest BCUT2D eigenvalue weighted by Gasteiger charge is -2.22. The lowest BCUT2D eigenvalue weighted by molar-refractivity contribution is -0.384. The summed E-state index contributed by atoms with van der Waals surface area (Å²) >= 11 is 0. The molecule has 0 atom stereocenters. The summed E-state index contributed by atoms with van der Waals surface area (Å²) in [6, 6.07) is 5.69. The molecule has 1 aromatic carbocycles. The minimum Gasteiger partial charge on any atom is -0.405 e. The van der Waals surface area contributed by atoms with Gasteiger partial charge in [-0.05, 0) is 24.8 Å². The molecule has 0 spiro atoms. The van der Waals surface area contributed by atoms with Crippen LogP contribution >= 0.6 is 0 Å². The van der Waals surface area contributed by atoms with Gasteiger partial charge in [0.2, 0.25) is 11.8 Å². The Balaban J connectivity index is 1.70. The van der Waals surface area contributed by atoms with E-state index < -0.39 is 11.3 Å². The van der Waals surface area contributed by atoms with Gasteiger partial charge in [-0.25, -0.2) is 4.98 Å². The highest BCUT2D eigenvalue weighted by molar-refractivity contribution is 5.57. The van der Waals surface area contributed by atoms with Crippen LogP contribution in [-0.4, -0.2) is 27.8 Å². The van der Waals surface area contributed by atoms with E-state index in [1.165, 1.54) is 24.6 Å². The van der Waals surface area contributed by atoms with Crippen LogP contribution in [-0.2, 0) is 6.54 Å². The van der Waals surface area contributed by atoms with Gasteiger partial charge in [0, 0.05) is 18.7 Å². The van der Waals surface area contributed by atoms with Crippen LogP contribution in [0.25, 0.3) is 0 Å². The zero-order valence-electron chi connectivity index (χ0n) is 16.1. The molecule has 162 valence electrons. The number of nitro groups is 1. The van der Waals surface area contributed by atoms with E-state index in [9.17, 15) is 23.3 Å². The standard InChI is InChI=1S/C19H22F3N5O3/c20-19(21,22)30-16-9-5-4-8-14(16)11-24-18-25-12-15(27(28)29)17(26-18)23-10-13-6-2-1-3-7-13/h4-5,8-9,12-13H,1-3,6-7,10-11H2,(H2,23,24,25,26). The Kier molecular flexibility index (Phi) is 6.91. The third-order valence-corrected chi connectivity index (χ3v) is 4.88. The summed E-state index contributed by atoms with van der Waals surface area (Å²) in [5, 5.41) is 17.1. The molecule has 2 aromatic rings. The molecule has 1 fully saturated rings. The summed E-state index contributed by atoms with van der Waals surface area (Å²) in [5.74, 6) is 0.239. The third-order valence-electron chi connectivity index (χ3n) is 4.88. The zero-order valence-corrected chi connectivity index (χ0v) is 16.1. The number of ether oxygens (including phenoxy) is 1. The van der Waals surface area contributed by atoms with Crippen molar-refractivity contribution in [3.63, 3.8) is 0 Å². The molecule has 0 saturated heterocycles. The van der Waals surface area contributed by atoms with E-state index in [-0.39, 0.29) is 35.3 Å². The lowest BCUT2D eigenvalue weighted by Crippen LogP contribution is -2.19. The van der Waals surface area contributed by atoms with E-state index in [1.54, 1.807) is 6.07 Å². The molecule has 0 amide bonds. The minimum atomic E-state index is -4.81. The van der Waals surface area contributed by atoms with Crippen LogP contribution in [0.15, 0.2) is 30.5 Å². The van der Waals surface area contributed by atoms with E-state index in [0.29, 0.717) is 12.5 Å². The predicted octanol–water partition coefficient (Wildman–Crippen LogP) is 4.89.